The third-order valence-corrected chi connectivity index (χ3v) is 2.91. The molecule has 0 atom stereocenters. The first kappa shape index (κ1) is 18.1. The molecule has 0 fully saturated rings. The molecule has 0 radical (unpaired) electrons. The minimum absolute atomic E-state index is 0.400. The van der Waals surface area contributed by atoms with Crippen molar-refractivity contribution in [3.63, 3.8) is 0 Å². The zero-order chi connectivity index (χ0) is 16.6. The van der Waals surface area contributed by atoms with Crippen LogP contribution in [0, 0.1) is 0 Å². The lowest BCUT2D eigenvalue weighted by Gasteiger charge is -2.19. The summed E-state index contributed by atoms with van der Waals surface area (Å²) in [6.07, 6.45) is 1.15. The van der Waals surface area contributed by atoms with E-state index in [2.05, 4.69) is 12.2 Å². The molecule has 22 heavy (non-hydrogen) atoms. The van der Waals surface area contributed by atoms with Crippen LogP contribution in [0.15, 0.2) is 18.2 Å². The summed E-state index contributed by atoms with van der Waals surface area (Å²) in [5.41, 5.74) is 0.585. The van der Waals surface area contributed by atoms with Crippen LogP contribution in [0.4, 0.5) is 4.79 Å². The number of carbonyl (C=O) groups is 1. The van der Waals surface area contributed by atoms with Gasteiger partial charge in [-0.05, 0) is 45.7 Å². The predicted molar refractivity (Wildman–Crippen MR) is 86.7 cm³/mol. The van der Waals surface area contributed by atoms with E-state index < -0.39 is 11.7 Å². The molecule has 5 heteroatoms. The van der Waals surface area contributed by atoms with Crippen molar-refractivity contribution < 1.29 is 19.0 Å². The lowest BCUT2D eigenvalue weighted by atomic mass is 10.1. The van der Waals surface area contributed by atoms with E-state index in [1.807, 2.05) is 39.0 Å². The Morgan fingerprint density at radius 3 is 2.50 bits per heavy atom. The van der Waals surface area contributed by atoms with Crippen LogP contribution in [0.1, 0.15) is 39.7 Å². The Morgan fingerprint density at radius 1 is 1.23 bits per heavy atom. The highest BCUT2D eigenvalue weighted by Gasteiger charge is 2.15. The molecule has 1 aromatic carbocycles. The highest BCUT2D eigenvalue weighted by atomic mass is 16.6. The third kappa shape index (κ3) is 6.24. The van der Waals surface area contributed by atoms with Gasteiger partial charge in [0.25, 0.3) is 0 Å². The average molecular weight is 309 g/mol. The van der Waals surface area contributed by atoms with Crippen molar-refractivity contribution in [1.29, 1.82) is 0 Å². The van der Waals surface area contributed by atoms with Crippen LogP contribution in [0.2, 0.25) is 0 Å². The van der Waals surface area contributed by atoms with Gasteiger partial charge in [0.15, 0.2) is 0 Å². The minimum Gasteiger partial charge on any atom is -0.496 e. The van der Waals surface area contributed by atoms with Crippen molar-refractivity contribution in [2.45, 2.75) is 46.1 Å². The molecule has 0 spiro atoms. The van der Waals surface area contributed by atoms with Crippen LogP contribution >= 0.6 is 0 Å². The molecule has 5 nitrogen and oxygen atoms in total. The van der Waals surface area contributed by atoms with E-state index in [9.17, 15) is 4.79 Å². The van der Waals surface area contributed by atoms with Gasteiger partial charge in [0.1, 0.15) is 17.1 Å². The fourth-order valence-corrected chi connectivity index (χ4v) is 1.98. The summed E-state index contributed by atoms with van der Waals surface area (Å²) in [7, 11) is 1.66. The highest BCUT2D eigenvalue weighted by molar-refractivity contribution is 5.67. The molecule has 0 unspecified atom stereocenters. The largest absolute Gasteiger partial charge is 0.496 e. The summed E-state index contributed by atoms with van der Waals surface area (Å²) in [5.74, 6) is 1.67. The van der Waals surface area contributed by atoms with E-state index in [4.69, 9.17) is 14.2 Å². The summed E-state index contributed by atoms with van der Waals surface area (Å²) in [5, 5.41) is 2.71. The standard InChI is InChI=1S/C17H27NO4/c1-6-13-14(20-5)9-7-10-15(13)21-12-8-11-18-16(19)22-17(2,3)4/h7,9-10H,6,8,11-12H2,1-5H3,(H,18,19). The maximum absolute atomic E-state index is 11.5. The Kier molecular flexibility index (Phi) is 7.02. The van der Waals surface area contributed by atoms with Crippen LogP contribution in [-0.4, -0.2) is 32.0 Å². The second-order valence-corrected chi connectivity index (χ2v) is 5.92. The third-order valence-electron chi connectivity index (χ3n) is 2.91. The number of carbonyl (C=O) groups excluding carboxylic acids is 1. The topological polar surface area (TPSA) is 56.8 Å². The number of nitrogens with one attached hydrogen (secondary N) is 1. The number of alkyl carbamates (subject to hydrolysis) is 1. The zero-order valence-electron chi connectivity index (χ0n) is 14.2. The first-order chi connectivity index (χ1) is 10.4. The first-order valence-electron chi connectivity index (χ1n) is 7.63. The zero-order valence-corrected chi connectivity index (χ0v) is 14.2. The molecule has 0 bridgehead atoms. The molecule has 1 aromatic rings. The quantitative estimate of drug-likeness (QED) is 0.783. The highest BCUT2D eigenvalue weighted by Crippen LogP contribution is 2.28. The van der Waals surface area contributed by atoms with Gasteiger partial charge >= 0.3 is 6.09 Å². The number of hydrogen-bond acceptors (Lipinski definition) is 4. The first-order valence-corrected chi connectivity index (χ1v) is 7.63. The SMILES string of the molecule is CCc1c(OC)cccc1OCCCNC(=O)OC(C)(C)C. The maximum Gasteiger partial charge on any atom is 0.407 e. The van der Waals surface area contributed by atoms with Crippen molar-refractivity contribution in [3.05, 3.63) is 23.8 Å². The second kappa shape index (κ2) is 8.51. The fourth-order valence-electron chi connectivity index (χ4n) is 1.98. The molecular formula is C17H27NO4. The molecule has 1 rings (SSSR count). The molecule has 124 valence electrons. The van der Waals surface area contributed by atoms with Gasteiger partial charge in [0, 0.05) is 12.1 Å². The van der Waals surface area contributed by atoms with Crippen molar-refractivity contribution in [2.24, 2.45) is 0 Å². The van der Waals surface area contributed by atoms with Gasteiger partial charge < -0.3 is 19.5 Å². The van der Waals surface area contributed by atoms with Crippen molar-refractivity contribution in [1.82, 2.24) is 5.32 Å². The monoisotopic (exact) mass is 309 g/mol. The Morgan fingerprint density at radius 2 is 1.91 bits per heavy atom. The fraction of sp³-hybridized carbons (Fsp3) is 0.588. The maximum atomic E-state index is 11.5. The van der Waals surface area contributed by atoms with E-state index in [0.717, 1.165) is 23.5 Å². The number of hydrogen-bond donors (Lipinski definition) is 1. The molecule has 0 heterocycles. The van der Waals surface area contributed by atoms with Gasteiger partial charge in [-0.1, -0.05) is 13.0 Å². The van der Waals surface area contributed by atoms with E-state index in [-0.39, 0.29) is 0 Å². The second-order valence-electron chi connectivity index (χ2n) is 5.92. The molecule has 1 N–H and O–H groups in total. The van der Waals surface area contributed by atoms with Gasteiger partial charge in [-0.2, -0.15) is 0 Å². The normalized spacial score (nSPS) is 11.0. The van der Waals surface area contributed by atoms with Crippen molar-refractivity contribution in [2.75, 3.05) is 20.3 Å². The van der Waals surface area contributed by atoms with E-state index in [1.165, 1.54) is 0 Å². The van der Waals surface area contributed by atoms with Crippen molar-refractivity contribution in [3.8, 4) is 11.5 Å². The lowest BCUT2D eigenvalue weighted by Crippen LogP contribution is -2.33. The summed E-state index contributed by atoms with van der Waals surface area (Å²) < 4.78 is 16.3. The Hall–Kier alpha value is -1.91. The number of amides is 1. The van der Waals surface area contributed by atoms with Gasteiger partial charge in [-0.25, -0.2) is 4.79 Å². The predicted octanol–water partition coefficient (Wildman–Crippen LogP) is 3.55. The summed E-state index contributed by atoms with van der Waals surface area (Å²) in [6, 6.07) is 5.77. The average Bonchev–Trinajstić information content (AvgIpc) is 2.44. The number of benzene rings is 1. The summed E-state index contributed by atoms with van der Waals surface area (Å²) >= 11 is 0. The van der Waals surface area contributed by atoms with Gasteiger partial charge in [0.2, 0.25) is 0 Å². The molecule has 1 amide bonds. The summed E-state index contributed by atoms with van der Waals surface area (Å²) in [4.78, 5) is 11.5. The molecule has 0 aromatic heterocycles. The Balaban J connectivity index is 2.35. The molecule has 0 aliphatic carbocycles. The van der Waals surface area contributed by atoms with Crippen LogP contribution in [0.5, 0.6) is 11.5 Å². The van der Waals surface area contributed by atoms with E-state index in [0.29, 0.717) is 19.6 Å². The molecule has 0 aliphatic rings. The van der Waals surface area contributed by atoms with E-state index >= 15 is 0 Å². The summed E-state index contributed by atoms with van der Waals surface area (Å²) in [6.45, 7) is 8.62. The Labute approximate surface area is 132 Å². The van der Waals surface area contributed by atoms with Gasteiger partial charge in [-0.15, -0.1) is 0 Å². The Bertz CT molecular complexity index is 480. The van der Waals surface area contributed by atoms with Gasteiger partial charge in [-0.3, -0.25) is 0 Å². The molecule has 0 aliphatic heterocycles. The van der Waals surface area contributed by atoms with Crippen LogP contribution < -0.4 is 14.8 Å². The molecule has 0 saturated carbocycles. The smallest absolute Gasteiger partial charge is 0.407 e. The number of rotatable bonds is 7. The molecule has 0 saturated heterocycles. The van der Waals surface area contributed by atoms with Crippen LogP contribution in [-0.2, 0) is 11.2 Å². The molecular weight excluding hydrogens is 282 g/mol. The van der Waals surface area contributed by atoms with Crippen LogP contribution in [0.25, 0.3) is 0 Å². The lowest BCUT2D eigenvalue weighted by molar-refractivity contribution is 0.0525. The van der Waals surface area contributed by atoms with Gasteiger partial charge in [0.05, 0.1) is 13.7 Å². The van der Waals surface area contributed by atoms with Crippen LogP contribution in [0.3, 0.4) is 0 Å². The minimum atomic E-state index is -0.475. The number of methoxy groups -OCH3 is 1. The number of ether oxygens (including phenoxy) is 3. The van der Waals surface area contributed by atoms with E-state index in [1.54, 1.807) is 7.11 Å². The van der Waals surface area contributed by atoms with Crippen molar-refractivity contribution >= 4 is 6.09 Å².